The van der Waals surface area contributed by atoms with Crippen LogP contribution < -0.4 is 9.47 Å². The van der Waals surface area contributed by atoms with Crippen molar-refractivity contribution in [3.05, 3.63) is 23.3 Å². The van der Waals surface area contributed by atoms with E-state index in [0.717, 1.165) is 49.2 Å². The van der Waals surface area contributed by atoms with Gasteiger partial charge in [0.25, 0.3) is 0 Å². The van der Waals surface area contributed by atoms with E-state index in [1.807, 2.05) is 12.1 Å². The smallest absolute Gasteiger partial charge is 0.339 e. The number of esters is 2. The van der Waals surface area contributed by atoms with Gasteiger partial charge in [0.05, 0.1) is 25.2 Å². The summed E-state index contributed by atoms with van der Waals surface area (Å²) in [6.45, 7) is 5.33. The number of fused-ring (bicyclic) bond motifs is 3. The summed E-state index contributed by atoms with van der Waals surface area (Å²) in [4.78, 5) is 28.5. The summed E-state index contributed by atoms with van der Waals surface area (Å²) in [5.74, 6) is -0.393. The second-order valence-electron chi connectivity index (χ2n) is 12.1. The Balaban J connectivity index is 1.49. The van der Waals surface area contributed by atoms with E-state index >= 15 is 0 Å². The molecule has 1 aromatic carbocycles. The average molecular weight is 548 g/mol. The lowest BCUT2D eigenvalue weighted by Gasteiger charge is -2.40. The van der Waals surface area contributed by atoms with E-state index in [9.17, 15) is 19.8 Å². The van der Waals surface area contributed by atoms with Gasteiger partial charge < -0.3 is 33.9 Å². The highest BCUT2D eigenvalue weighted by Gasteiger charge is 2.62. The maximum Gasteiger partial charge on any atom is 0.339 e. The summed E-state index contributed by atoms with van der Waals surface area (Å²) in [5.41, 5.74) is -1.14. The van der Waals surface area contributed by atoms with Gasteiger partial charge in [-0.1, -0.05) is 0 Å². The maximum absolute atomic E-state index is 13.8. The van der Waals surface area contributed by atoms with E-state index in [2.05, 4.69) is 4.90 Å². The number of carbonyl (C=O) groups excluding carboxylic acids is 2. The average Bonchev–Trinajstić information content (AvgIpc) is 3.56. The zero-order valence-corrected chi connectivity index (χ0v) is 23.4. The molecule has 1 aromatic rings. The van der Waals surface area contributed by atoms with Gasteiger partial charge in [-0.3, -0.25) is 9.69 Å². The molecule has 5 rings (SSSR count). The quantitative estimate of drug-likeness (QED) is 0.446. The number of benzene rings is 1. The Morgan fingerprint density at radius 3 is 2.56 bits per heavy atom. The molecule has 0 aromatic heterocycles. The summed E-state index contributed by atoms with van der Waals surface area (Å²) in [5, 5.41) is 21.7. The monoisotopic (exact) mass is 547 g/mol. The molecule has 39 heavy (non-hydrogen) atoms. The van der Waals surface area contributed by atoms with Crippen molar-refractivity contribution in [1.82, 2.24) is 4.90 Å². The molecule has 0 radical (unpaired) electrons. The summed E-state index contributed by atoms with van der Waals surface area (Å²) < 4.78 is 28.3. The first-order chi connectivity index (χ1) is 18.5. The molecule has 10 nitrogen and oxygen atoms in total. The van der Waals surface area contributed by atoms with E-state index in [1.165, 1.54) is 7.11 Å². The SMILES string of the molecule is COC(=O)C[C@](O)(CCCC(C)(C)O)C(=O)O[C@H]1[C@H]2c3cc4c(cc3CCN3CCC[C@]23C[C@H]1OC)OCO4. The van der Waals surface area contributed by atoms with Crippen molar-refractivity contribution < 1.29 is 43.5 Å². The van der Waals surface area contributed by atoms with Gasteiger partial charge >= 0.3 is 11.9 Å². The Hall–Kier alpha value is -2.40. The molecule has 3 heterocycles. The minimum Gasteiger partial charge on any atom is -0.469 e. The van der Waals surface area contributed by atoms with Crippen LogP contribution >= 0.6 is 0 Å². The van der Waals surface area contributed by atoms with Gasteiger partial charge in [-0.05, 0) is 88.6 Å². The lowest BCUT2D eigenvalue weighted by Crippen LogP contribution is -2.49. The van der Waals surface area contributed by atoms with Gasteiger partial charge in [0.2, 0.25) is 6.79 Å². The number of ether oxygens (including phenoxy) is 5. The Labute approximate surface area is 229 Å². The van der Waals surface area contributed by atoms with E-state index in [4.69, 9.17) is 23.7 Å². The van der Waals surface area contributed by atoms with E-state index in [0.29, 0.717) is 25.0 Å². The molecule has 3 aliphatic heterocycles. The Bertz CT molecular complexity index is 1100. The van der Waals surface area contributed by atoms with Crippen molar-refractivity contribution >= 4 is 11.9 Å². The largest absolute Gasteiger partial charge is 0.469 e. The summed E-state index contributed by atoms with van der Waals surface area (Å²) >= 11 is 0. The van der Waals surface area contributed by atoms with Gasteiger partial charge in [0.1, 0.15) is 6.10 Å². The number of rotatable bonds is 9. The lowest BCUT2D eigenvalue weighted by molar-refractivity contribution is -0.182. The molecule has 1 spiro atoms. The molecule has 10 heteroatoms. The van der Waals surface area contributed by atoms with Crippen molar-refractivity contribution in [3.8, 4) is 11.5 Å². The minimum absolute atomic E-state index is 0.0491. The Morgan fingerprint density at radius 2 is 1.87 bits per heavy atom. The molecular weight excluding hydrogens is 506 g/mol. The van der Waals surface area contributed by atoms with Crippen LogP contribution in [-0.2, 0) is 30.2 Å². The molecule has 2 fully saturated rings. The van der Waals surface area contributed by atoms with Gasteiger partial charge in [-0.15, -0.1) is 0 Å². The fourth-order valence-electron chi connectivity index (χ4n) is 7.20. The molecule has 216 valence electrons. The van der Waals surface area contributed by atoms with Crippen LogP contribution in [0.25, 0.3) is 0 Å². The second kappa shape index (κ2) is 10.5. The first-order valence-electron chi connectivity index (χ1n) is 13.9. The van der Waals surface area contributed by atoms with Crippen molar-refractivity contribution in [2.24, 2.45) is 0 Å². The van der Waals surface area contributed by atoms with Crippen LogP contribution in [0.15, 0.2) is 12.1 Å². The minimum atomic E-state index is -2.09. The number of hydrogen-bond donors (Lipinski definition) is 2. The van der Waals surface area contributed by atoms with Crippen LogP contribution in [0.3, 0.4) is 0 Å². The molecule has 0 amide bonds. The maximum atomic E-state index is 13.8. The third-order valence-electron chi connectivity index (χ3n) is 9.09. The van der Waals surface area contributed by atoms with Gasteiger partial charge in [-0.2, -0.15) is 0 Å². The van der Waals surface area contributed by atoms with Crippen LogP contribution in [-0.4, -0.2) is 90.1 Å². The van der Waals surface area contributed by atoms with Crippen molar-refractivity contribution in [2.75, 3.05) is 34.1 Å². The van der Waals surface area contributed by atoms with Crippen LogP contribution in [0.4, 0.5) is 0 Å². The van der Waals surface area contributed by atoms with Crippen LogP contribution in [0.2, 0.25) is 0 Å². The third kappa shape index (κ3) is 5.24. The highest BCUT2D eigenvalue weighted by Crippen LogP contribution is 2.57. The Kier molecular flexibility index (Phi) is 7.60. The van der Waals surface area contributed by atoms with Gasteiger partial charge in [-0.25, -0.2) is 4.79 Å². The lowest BCUT2D eigenvalue weighted by atomic mass is 9.78. The second-order valence-corrected chi connectivity index (χ2v) is 12.1. The zero-order chi connectivity index (χ0) is 28.0. The first-order valence-corrected chi connectivity index (χ1v) is 13.9. The number of aliphatic hydroxyl groups is 2. The third-order valence-corrected chi connectivity index (χ3v) is 9.09. The van der Waals surface area contributed by atoms with E-state index in [1.54, 1.807) is 21.0 Å². The molecule has 0 unspecified atom stereocenters. The number of nitrogens with zero attached hydrogens (tertiary/aromatic N) is 1. The molecule has 2 N–H and O–H groups in total. The van der Waals surface area contributed by atoms with Crippen molar-refractivity contribution in [3.63, 3.8) is 0 Å². The molecular formula is C29H41NO9. The highest BCUT2D eigenvalue weighted by molar-refractivity contribution is 5.85. The molecule has 5 atom stereocenters. The fraction of sp³-hybridized carbons (Fsp3) is 0.724. The summed E-state index contributed by atoms with van der Waals surface area (Å²) in [6, 6.07) is 4.06. The molecule has 1 aliphatic carbocycles. The topological polar surface area (TPSA) is 124 Å². The predicted octanol–water partition coefficient (Wildman–Crippen LogP) is 2.46. The van der Waals surface area contributed by atoms with Gasteiger partial charge in [0.15, 0.2) is 17.1 Å². The predicted molar refractivity (Wildman–Crippen MR) is 140 cm³/mol. The number of carbonyl (C=O) groups is 2. The zero-order valence-electron chi connectivity index (χ0n) is 23.4. The van der Waals surface area contributed by atoms with Crippen LogP contribution in [0.1, 0.15) is 75.8 Å². The van der Waals surface area contributed by atoms with Crippen LogP contribution in [0.5, 0.6) is 11.5 Å². The van der Waals surface area contributed by atoms with Crippen molar-refractivity contribution in [1.29, 1.82) is 0 Å². The molecule has 0 bridgehead atoms. The molecule has 1 saturated heterocycles. The first kappa shape index (κ1) is 28.1. The number of methoxy groups -OCH3 is 2. The van der Waals surface area contributed by atoms with E-state index in [-0.39, 0.29) is 24.7 Å². The normalized spacial score (nSPS) is 29.1. The number of hydrogen-bond acceptors (Lipinski definition) is 10. The fourth-order valence-corrected chi connectivity index (χ4v) is 7.20. The van der Waals surface area contributed by atoms with Crippen molar-refractivity contribution in [2.45, 2.75) is 100 Å². The molecule has 1 saturated carbocycles. The van der Waals surface area contributed by atoms with Gasteiger partial charge in [0, 0.05) is 25.1 Å². The summed E-state index contributed by atoms with van der Waals surface area (Å²) in [6.07, 6.45) is 2.51. The standard InChI is InChI=1S/C29H41NO9/c1-27(2,33)8-5-10-29(34,16-23(31)36-4)26(32)39-25-22(35-3)15-28-9-6-11-30(28)12-7-18-13-20-21(38-17-37-20)14-19(18)24(25)28/h13-14,22,24-25,33-34H,5-12,15-17H2,1-4H3/t22-,24-,25-,28+,29-/m1/s1. The van der Waals surface area contributed by atoms with E-state index < -0.39 is 41.8 Å². The highest BCUT2D eigenvalue weighted by atomic mass is 16.7. The summed E-state index contributed by atoms with van der Waals surface area (Å²) in [7, 11) is 2.84. The Morgan fingerprint density at radius 1 is 1.13 bits per heavy atom. The van der Waals surface area contributed by atoms with Crippen LogP contribution in [0, 0.1) is 0 Å². The molecule has 4 aliphatic rings.